The fourth-order valence-corrected chi connectivity index (χ4v) is 3.01. The van der Waals surface area contributed by atoms with Crippen LogP contribution in [0.25, 0.3) is 11.0 Å². The van der Waals surface area contributed by atoms with Gasteiger partial charge in [0.05, 0.1) is 37.9 Å². The van der Waals surface area contributed by atoms with Gasteiger partial charge in [-0.1, -0.05) is 0 Å². The Labute approximate surface area is 180 Å². The Morgan fingerprint density at radius 1 is 1.16 bits per heavy atom. The maximum absolute atomic E-state index is 12.9. The lowest BCUT2D eigenvalue weighted by molar-refractivity contribution is -0.0921. The Morgan fingerprint density at radius 2 is 1.81 bits per heavy atom. The molecule has 10 nitrogen and oxygen atoms in total. The van der Waals surface area contributed by atoms with Crippen molar-refractivity contribution in [2.75, 3.05) is 41.0 Å². The van der Waals surface area contributed by atoms with E-state index in [0.717, 1.165) is 22.8 Å². The van der Waals surface area contributed by atoms with Crippen molar-refractivity contribution < 1.29 is 29.6 Å². The van der Waals surface area contributed by atoms with Gasteiger partial charge in [0, 0.05) is 6.54 Å². The molecule has 0 radical (unpaired) electrons. The van der Waals surface area contributed by atoms with Crippen molar-refractivity contribution in [1.82, 2.24) is 14.5 Å². The van der Waals surface area contributed by atoms with E-state index in [4.69, 9.17) is 4.74 Å². The van der Waals surface area contributed by atoms with E-state index >= 15 is 0 Å². The second-order valence-electron chi connectivity index (χ2n) is 7.80. The Bertz CT molecular complexity index is 974. The van der Waals surface area contributed by atoms with Gasteiger partial charge in [-0.3, -0.25) is 4.79 Å². The summed E-state index contributed by atoms with van der Waals surface area (Å²) < 4.78 is 11.1. The van der Waals surface area contributed by atoms with Crippen LogP contribution in [0, 0.1) is 13.8 Å². The molecule has 0 bridgehead atoms. The smallest absolute Gasteiger partial charge is 0.362 e. The molecule has 1 aromatic carbocycles. The number of carbonyl (C=O) groups excluding carboxylic acids is 1. The fraction of sp³-hybridized carbons (Fsp3) is 0.571. The number of hydrogen-bond donors (Lipinski definition) is 3. The van der Waals surface area contributed by atoms with E-state index in [2.05, 4.69) is 9.72 Å². The normalized spacial score (nSPS) is 14.6. The van der Waals surface area contributed by atoms with Gasteiger partial charge >= 0.3 is 5.97 Å². The van der Waals surface area contributed by atoms with Crippen LogP contribution in [0.2, 0.25) is 0 Å². The first kappa shape index (κ1) is 24.9. The lowest BCUT2D eigenvalue weighted by atomic mass is 10.1. The van der Waals surface area contributed by atoms with Gasteiger partial charge in [-0.2, -0.15) is 0 Å². The summed E-state index contributed by atoms with van der Waals surface area (Å²) >= 11 is 0. The number of ether oxygens (including phenoxy) is 2. The summed E-state index contributed by atoms with van der Waals surface area (Å²) in [4.78, 5) is 31.0. The number of aliphatic hydroxyl groups is 3. The van der Waals surface area contributed by atoms with Gasteiger partial charge in [0.2, 0.25) is 5.69 Å². The zero-order valence-corrected chi connectivity index (χ0v) is 18.5. The molecule has 0 aliphatic heterocycles. The van der Waals surface area contributed by atoms with Crippen LogP contribution in [0.3, 0.4) is 0 Å². The molecule has 0 saturated carbocycles. The number of hydrogen-bond acceptors (Lipinski definition) is 9. The lowest BCUT2D eigenvalue weighted by Gasteiger charge is -2.24. The Hall–Kier alpha value is -2.37. The first-order chi connectivity index (χ1) is 14.6. The van der Waals surface area contributed by atoms with Gasteiger partial charge in [0.25, 0.3) is 5.56 Å². The van der Waals surface area contributed by atoms with Gasteiger partial charge in [0.1, 0.15) is 18.3 Å². The molecule has 0 fully saturated rings. The molecule has 0 unspecified atom stereocenters. The Morgan fingerprint density at radius 3 is 2.42 bits per heavy atom. The summed E-state index contributed by atoms with van der Waals surface area (Å²) in [5.41, 5.74) is 1.38. The van der Waals surface area contributed by atoms with Gasteiger partial charge in [-0.15, -0.1) is 0 Å². The summed E-state index contributed by atoms with van der Waals surface area (Å²) in [7, 11) is 4.89. The number of aryl methyl sites for hydroxylation is 2. The minimum Gasteiger partial charge on any atom is -0.464 e. The molecule has 2 aromatic rings. The molecule has 1 aromatic heterocycles. The fourth-order valence-electron chi connectivity index (χ4n) is 3.01. The number of fused-ring (bicyclic) bond motifs is 1. The second kappa shape index (κ2) is 10.8. The number of methoxy groups -OCH3 is 1. The highest BCUT2D eigenvalue weighted by Crippen LogP contribution is 2.18. The van der Waals surface area contributed by atoms with E-state index < -0.39 is 35.5 Å². The highest BCUT2D eigenvalue weighted by Gasteiger charge is 2.27. The van der Waals surface area contributed by atoms with Gasteiger partial charge in [-0.25, -0.2) is 9.78 Å². The first-order valence-corrected chi connectivity index (χ1v) is 9.93. The molecule has 1 heterocycles. The van der Waals surface area contributed by atoms with Crippen molar-refractivity contribution in [3.8, 4) is 0 Å². The van der Waals surface area contributed by atoms with Crippen molar-refractivity contribution >= 4 is 17.0 Å². The number of carbonyl (C=O) groups is 1. The van der Waals surface area contributed by atoms with Gasteiger partial charge in [0.15, 0.2) is 0 Å². The van der Waals surface area contributed by atoms with Crippen LogP contribution in [-0.4, -0.2) is 95.0 Å². The third kappa shape index (κ3) is 6.08. The molecule has 10 heteroatoms. The molecule has 0 aliphatic carbocycles. The van der Waals surface area contributed by atoms with Crippen molar-refractivity contribution in [2.24, 2.45) is 0 Å². The molecule has 2 rings (SSSR count). The summed E-state index contributed by atoms with van der Waals surface area (Å²) in [6.45, 7) is 4.18. The number of benzene rings is 1. The standard InChI is InChI=1S/C21H31N3O7/c1-12-8-14-15(9-13(12)2)24(20(28)18(22-14)21(29)30-5)10-16(25)19(27)17(26)11-31-7-6-23(3)4/h8-9,16-17,19,25-27H,6-7,10-11H2,1-5H3/t16-,17+,19-/m0/s1. The van der Waals surface area contributed by atoms with Crippen molar-refractivity contribution in [3.63, 3.8) is 0 Å². The van der Waals surface area contributed by atoms with Gasteiger partial charge < -0.3 is 34.3 Å². The highest BCUT2D eigenvalue weighted by atomic mass is 16.5. The molecule has 3 atom stereocenters. The molecule has 31 heavy (non-hydrogen) atoms. The minimum absolute atomic E-state index is 0.177. The maximum Gasteiger partial charge on any atom is 0.362 e. The van der Waals surface area contributed by atoms with Crippen LogP contribution in [0.15, 0.2) is 16.9 Å². The molecular formula is C21H31N3O7. The van der Waals surface area contributed by atoms with E-state index in [1.165, 1.54) is 0 Å². The summed E-state index contributed by atoms with van der Waals surface area (Å²) in [5, 5.41) is 31.0. The maximum atomic E-state index is 12.9. The van der Waals surface area contributed by atoms with Crippen LogP contribution in [0.4, 0.5) is 0 Å². The van der Waals surface area contributed by atoms with Crippen LogP contribution >= 0.6 is 0 Å². The monoisotopic (exact) mass is 437 g/mol. The quantitative estimate of drug-likeness (QED) is 0.331. The largest absolute Gasteiger partial charge is 0.464 e. The molecule has 172 valence electrons. The topological polar surface area (TPSA) is 134 Å². The number of likely N-dealkylation sites (N-methyl/N-ethyl adjacent to an activating group) is 1. The van der Waals surface area contributed by atoms with Crippen LogP contribution in [-0.2, 0) is 16.0 Å². The van der Waals surface area contributed by atoms with E-state index in [1.807, 2.05) is 32.8 Å². The predicted octanol–water partition coefficient (Wildman–Crippen LogP) is -0.539. The minimum atomic E-state index is -1.57. The van der Waals surface area contributed by atoms with E-state index in [0.29, 0.717) is 24.2 Å². The lowest BCUT2D eigenvalue weighted by Crippen LogP contribution is -2.44. The van der Waals surface area contributed by atoms with Crippen LogP contribution < -0.4 is 5.56 Å². The predicted molar refractivity (Wildman–Crippen MR) is 114 cm³/mol. The average Bonchev–Trinajstić information content (AvgIpc) is 2.72. The molecule has 0 spiro atoms. The summed E-state index contributed by atoms with van der Waals surface area (Å²) in [5.74, 6) is -0.900. The van der Waals surface area contributed by atoms with Crippen LogP contribution in [0.1, 0.15) is 21.6 Å². The number of nitrogens with zero attached hydrogens (tertiary/aromatic N) is 3. The molecular weight excluding hydrogens is 406 g/mol. The SMILES string of the molecule is COC(=O)c1nc2cc(C)c(C)cc2n(C[C@H](O)[C@H](O)[C@H](O)COCCN(C)C)c1=O. The number of esters is 1. The highest BCUT2D eigenvalue weighted by molar-refractivity contribution is 5.89. The van der Waals surface area contributed by atoms with Crippen molar-refractivity contribution in [3.05, 3.63) is 39.3 Å². The first-order valence-electron chi connectivity index (χ1n) is 9.93. The molecule has 0 aliphatic rings. The molecule has 0 amide bonds. The molecule has 0 saturated heterocycles. The second-order valence-corrected chi connectivity index (χ2v) is 7.80. The zero-order chi connectivity index (χ0) is 23.3. The van der Waals surface area contributed by atoms with E-state index in [1.54, 1.807) is 12.1 Å². The van der Waals surface area contributed by atoms with Gasteiger partial charge in [-0.05, 0) is 51.2 Å². The zero-order valence-electron chi connectivity index (χ0n) is 18.5. The third-order valence-electron chi connectivity index (χ3n) is 5.07. The van der Waals surface area contributed by atoms with E-state index in [9.17, 15) is 24.9 Å². The van der Waals surface area contributed by atoms with Crippen molar-refractivity contribution in [2.45, 2.75) is 38.7 Å². The number of rotatable bonds is 10. The Kier molecular flexibility index (Phi) is 8.66. The number of aliphatic hydroxyl groups excluding tert-OH is 3. The summed E-state index contributed by atoms with van der Waals surface area (Å²) in [6, 6.07) is 3.45. The third-order valence-corrected chi connectivity index (χ3v) is 5.07. The average molecular weight is 437 g/mol. The van der Waals surface area contributed by atoms with Crippen molar-refractivity contribution in [1.29, 1.82) is 0 Å². The van der Waals surface area contributed by atoms with Crippen LogP contribution in [0.5, 0.6) is 0 Å². The Balaban J connectivity index is 2.31. The van der Waals surface area contributed by atoms with E-state index in [-0.39, 0.29) is 13.2 Å². The number of aromatic nitrogens is 2. The summed E-state index contributed by atoms with van der Waals surface area (Å²) in [6.07, 6.45) is -4.42. The molecule has 3 N–H and O–H groups in total.